The number of hydrogen-bond donors (Lipinski definition) is 1. The Kier molecular flexibility index (Phi) is 3.95. The quantitative estimate of drug-likeness (QED) is 0.934. The highest BCUT2D eigenvalue weighted by Crippen LogP contribution is 2.26. The van der Waals surface area contributed by atoms with Gasteiger partial charge < -0.3 is 10.0 Å². The summed E-state index contributed by atoms with van der Waals surface area (Å²) in [6.07, 6.45) is 1.36. The maximum atomic E-state index is 11.1. The number of pyridine rings is 1. The zero-order valence-corrected chi connectivity index (χ0v) is 12.3. The molecule has 0 saturated heterocycles. The number of carboxylic acid groups (broad SMARTS) is 1. The summed E-state index contributed by atoms with van der Waals surface area (Å²) in [5, 5.41) is 9.23. The molecule has 0 saturated carbocycles. The van der Waals surface area contributed by atoms with Crippen LogP contribution < -0.4 is 4.90 Å². The fraction of sp³-hybridized carbons (Fsp3) is 0.200. The van der Waals surface area contributed by atoms with Crippen LogP contribution in [0.2, 0.25) is 5.02 Å². The average Bonchev–Trinajstić information content (AvgIpc) is 2.37. The van der Waals surface area contributed by atoms with Gasteiger partial charge in [0.15, 0.2) is 0 Å². The molecule has 1 aromatic heterocycles. The third-order valence-electron chi connectivity index (χ3n) is 3.01. The Bertz CT molecular complexity index is 651. The van der Waals surface area contributed by atoms with Crippen LogP contribution in [0.4, 0.5) is 11.5 Å². The van der Waals surface area contributed by atoms with Crippen molar-refractivity contribution >= 4 is 29.1 Å². The van der Waals surface area contributed by atoms with Crippen molar-refractivity contribution in [2.75, 3.05) is 11.9 Å². The van der Waals surface area contributed by atoms with E-state index in [4.69, 9.17) is 16.7 Å². The molecule has 1 heterocycles. The normalized spacial score (nSPS) is 10.4. The number of aryl methyl sites for hydroxylation is 2. The molecule has 0 amide bonds. The Labute approximate surface area is 122 Å². The fourth-order valence-electron chi connectivity index (χ4n) is 2.05. The Balaban J connectivity index is 2.45. The first-order chi connectivity index (χ1) is 9.38. The van der Waals surface area contributed by atoms with Gasteiger partial charge in [-0.25, -0.2) is 9.78 Å². The lowest BCUT2D eigenvalue weighted by molar-refractivity contribution is 0.0697. The van der Waals surface area contributed by atoms with Crippen molar-refractivity contribution in [3.05, 3.63) is 52.2 Å². The number of hydrogen-bond acceptors (Lipinski definition) is 3. The van der Waals surface area contributed by atoms with Crippen LogP contribution in [0.15, 0.2) is 30.5 Å². The zero-order chi connectivity index (χ0) is 14.9. The van der Waals surface area contributed by atoms with E-state index >= 15 is 0 Å². The van der Waals surface area contributed by atoms with E-state index in [1.54, 1.807) is 0 Å². The Morgan fingerprint density at radius 3 is 2.35 bits per heavy atom. The van der Waals surface area contributed by atoms with Gasteiger partial charge in [-0.1, -0.05) is 17.7 Å². The smallest absolute Gasteiger partial charge is 0.337 e. The number of aromatic nitrogens is 1. The van der Waals surface area contributed by atoms with E-state index < -0.39 is 5.97 Å². The summed E-state index contributed by atoms with van der Waals surface area (Å²) in [5.74, 6) is -0.524. The molecule has 0 atom stereocenters. The van der Waals surface area contributed by atoms with Crippen LogP contribution >= 0.6 is 11.6 Å². The van der Waals surface area contributed by atoms with Crippen molar-refractivity contribution in [2.24, 2.45) is 0 Å². The van der Waals surface area contributed by atoms with Gasteiger partial charge in [0.05, 0.1) is 10.6 Å². The van der Waals surface area contributed by atoms with E-state index in [2.05, 4.69) is 11.1 Å². The number of nitrogens with zero attached hydrogens (tertiary/aromatic N) is 2. The van der Waals surface area contributed by atoms with Crippen LogP contribution in [0, 0.1) is 13.8 Å². The highest BCUT2D eigenvalue weighted by Gasteiger charge is 2.13. The van der Waals surface area contributed by atoms with Crippen LogP contribution in [0.5, 0.6) is 0 Å². The second kappa shape index (κ2) is 5.51. The Hall–Kier alpha value is -2.07. The second-order valence-corrected chi connectivity index (χ2v) is 5.14. The third kappa shape index (κ3) is 2.91. The molecule has 0 aliphatic carbocycles. The van der Waals surface area contributed by atoms with Crippen molar-refractivity contribution in [1.82, 2.24) is 4.98 Å². The van der Waals surface area contributed by atoms with Crippen LogP contribution in [-0.4, -0.2) is 23.1 Å². The van der Waals surface area contributed by atoms with E-state index in [1.165, 1.54) is 12.3 Å². The number of carbonyl (C=O) groups is 1. The van der Waals surface area contributed by atoms with Crippen LogP contribution in [0.3, 0.4) is 0 Å². The second-order valence-electron chi connectivity index (χ2n) is 4.73. The van der Waals surface area contributed by atoms with Crippen molar-refractivity contribution in [1.29, 1.82) is 0 Å². The molecule has 0 unspecified atom stereocenters. The molecule has 0 bridgehead atoms. The van der Waals surface area contributed by atoms with E-state index in [9.17, 15) is 4.79 Å². The molecule has 0 fully saturated rings. The summed E-state index contributed by atoms with van der Waals surface area (Å²) >= 11 is 5.83. The van der Waals surface area contributed by atoms with E-state index in [1.807, 2.05) is 37.9 Å². The third-order valence-corrected chi connectivity index (χ3v) is 3.31. The van der Waals surface area contributed by atoms with Gasteiger partial charge in [0, 0.05) is 18.9 Å². The van der Waals surface area contributed by atoms with Gasteiger partial charge in [0.1, 0.15) is 5.82 Å². The summed E-state index contributed by atoms with van der Waals surface area (Å²) in [7, 11) is 1.84. The van der Waals surface area contributed by atoms with Gasteiger partial charge in [-0.3, -0.25) is 0 Å². The molecule has 1 N–H and O–H groups in total. The first-order valence-electron chi connectivity index (χ1n) is 6.09. The molecule has 104 valence electrons. The number of carboxylic acids is 1. The number of anilines is 2. The minimum atomic E-state index is -1.06. The zero-order valence-electron chi connectivity index (χ0n) is 11.5. The monoisotopic (exact) mass is 290 g/mol. The molecule has 0 aliphatic rings. The molecular formula is C15H15ClN2O2. The lowest BCUT2D eigenvalue weighted by Crippen LogP contribution is -2.13. The predicted octanol–water partition coefficient (Wildman–Crippen LogP) is 3.82. The summed E-state index contributed by atoms with van der Waals surface area (Å²) in [6.45, 7) is 4.03. The van der Waals surface area contributed by atoms with Crippen LogP contribution in [-0.2, 0) is 0 Å². The summed E-state index contributed by atoms with van der Waals surface area (Å²) in [4.78, 5) is 17.1. The lowest BCUT2D eigenvalue weighted by Gasteiger charge is -2.20. The maximum absolute atomic E-state index is 11.1. The molecule has 20 heavy (non-hydrogen) atoms. The Morgan fingerprint density at radius 2 is 1.80 bits per heavy atom. The van der Waals surface area contributed by atoms with Crippen molar-refractivity contribution in [3.63, 3.8) is 0 Å². The SMILES string of the molecule is Cc1cc(C)cc(N(C)c2cc(C(=O)O)c(Cl)cn2)c1. The molecule has 0 radical (unpaired) electrons. The molecule has 0 aliphatic heterocycles. The molecule has 1 aromatic carbocycles. The topological polar surface area (TPSA) is 53.4 Å². The molecule has 5 heteroatoms. The average molecular weight is 291 g/mol. The van der Waals surface area contributed by atoms with Gasteiger partial charge in [-0.05, 0) is 43.2 Å². The van der Waals surface area contributed by atoms with Gasteiger partial charge in [0.25, 0.3) is 0 Å². The highest BCUT2D eigenvalue weighted by atomic mass is 35.5. The van der Waals surface area contributed by atoms with Gasteiger partial charge in [-0.15, -0.1) is 0 Å². The van der Waals surface area contributed by atoms with E-state index in [-0.39, 0.29) is 10.6 Å². The Morgan fingerprint density at radius 1 is 1.20 bits per heavy atom. The first kappa shape index (κ1) is 14.3. The molecule has 2 rings (SSSR count). The lowest BCUT2D eigenvalue weighted by atomic mass is 10.1. The maximum Gasteiger partial charge on any atom is 0.337 e. The van der Waals surface area contributed by atoms with Crippen molar-refractivity contribution < 1.29 is 9.90 Å². The number of halogens is 1. The van der Waals surface area contributed by atoms with Gasteiger partial charge >= 0.3 is 5.97 Å². The summed E-state index contributed by atoms with van der Waals surface area (Å²) < 4.78 is 0. The largest absolute Gasteiger partial charge is 0.478 e. The molecule has 2 aromatic rings. The van der Waals surface area contributed by atoms with Crippen molar-refractivity contribution in [3.8, 4) is 0 Å². The number of benzene rings is 1. The van der Waals surface area contributed by atoms with Gasteiger partial charge in [0.2, 0.25) is 0 Å². The standard InChI is InChI=1S/C15H15ClN2O2/c1-9-4-10(2)6-11(5-9)18(3)14-7-12(15(19)20)13(16)8-17-14/h4-8H,1-3H3,(H,19,20). The number of rotatable bonds is 3. The van der Waals surface area contributed by atoms with Crippen LogP contribution in [0.1, 0.15) is 21.5 Å². The molecule has 4 nitrogen and oxygen atoms in total. The summed E-state index contributed by atoms with van der Waals surface area (Å²) in [6, 6.07) is 7.59. The highest BCUT2D eigenvalue weighted by molar-refractivity contribution is 6.33. The molecular weight excluding hydrogens is 276 g/mol. The summed E-state index contributed by atoms with van der Waals surface area (Å²) in [5.41, 5.74) is 3.28. The minimum Gasteiger partial charge on any atom is -0.478 e. The molecule has 0 spiro atoms. The minimum absolute atomic E-state index is 0.0490. The first-order valence-corrected chi connectivity index (χ1v) is 6.47. The van der Waals surface area contributed by atoms with E-state index in [0.29, 0.717) is 5.82 Å². The number of aromatic carboxylic acids is 1. The fourth-order valence-corrected chi connectivity index (χ4v) is 2.24. The predicted molar refractivity (Wildman–Crippen MR) is 80.2 cm³/mol. The van der Waals surface area contributed by atoms with Crippen molar-refractivity contribution in [2.45, 2.75) is 13.8 Å². The van der Waals surface area contributed by atoms with Gasteiger partial charge in [-0.2, -0.15) is 0 Å². The van der Waals surface area contributed by atoms with E-state index in [0.717, 1.165) is 16.8 Å². The van der Waals surface area contributed by atoms with Crippen LogP contribution in [0.25, 0.3) is 0 Å².